The van der Waals surface area contributed by atoms with Crippen molar-refractivity contribution in [2.24, 2.45) is 0 Å². The number of rotatable bonds is 2. The lowest BCUT2D eigenvalue weighted by Gasteiger charge is -2.29. The van der Waals surface area contributed by atoms with E-state index in [1.165, 1.54) is 43.2 Å². The molecule has 1 aliphatic carbocycles. The lowest BCUT2D eigenvalue weighted by atomic mass is 9.84. The van der Waals surface area contributed by atoms with E-state index in [0.717, 1.165) is 19.1 Å². The van der Waals surface area contributed by atoms with Gasteiger partial charge in [0.05, 0.1) is 12.7 Å². The molecule has 1 aromatic carbocycles. The SMILES string of the molecule is CC1COC(c2ccc(C3CCCCC3)cc2)CN1. The van der Waals surface area contributed by atoms with Crippen molar-refractivity contribution in [1.29, 1.82) is 0 Å². The Hall–Kier alpha value is -0.860. The standard InChI is InChI=1S/C17H25NO/c1-13-12-19-17(11-18-13)16-9-7-15(8-10-16)14-5-3-2-4-6-14/h7-10,13-14,17-18H,2-6,11-12H2,1H3. The van der Waals surface area contributed by atoms with Crippen LogP contribution in [0.5, 0.6) is 0 Å². The topological polar surface area (TPSA) is 21.3 Å². The molecule has 1 saturated carbocycles. The highest BCUT2D eigenvalue weighted by molar-refractivity contribution is 5.27. The van der Waals surface area contributed by atoms with E-state index in [4.69, 9.17) is 4.74 Å². The van der Waals surface area contributed by atoms with Gasteiger partial charge in [-0.15, -0.1) is 0 Å². The number of hydrogen-bond acceptors (Lipinski definition) is 2. The van der Waals surface area contributed by atoms with Gasteiger partial charge in [-0.1, -0.05) is 43.5 Å². The molecule has 0 aromatic heterocycles. The van der Waals surface area contributed by atoms with Gasteiger partial charge in [0.15, 0.2) is 0 Å². The summed E-state index contributed by atoms with van der Waals surface area (Å²) in [6.07, 6.45) is 7.21. The third-order valence-electron chi connectivity index (χ3n) is 4.58. The molecule has 2 fully saturated rings. The summed E-state index contributed by atoms with van der Waals surface area (Å²) in [5, 5.41) is 3.48. The van der Waals surface area contributed by atoms with E-state index in [2.05, 4.69) is 36.5 Å². The Morgan fingerprint density at radius 3 is 2.32 bits per heavy atom. The van der Waals surface area contributed by atoms with Gasteiger partial charge in [0.25, 0.3) is 0 Å². The molecule has 2 atom stereocenters. The maximum Gasteiger partial charge on any atom is 0.0950 e. The largest absolute Gasteiger partial charge is 0.371 e. The quantitative estimate of drug-likeness (QED) is 0.872. The van der Waals surface area contributed by atoms with Crippen LogP contribution >= 0.6 is 0 Å². The molecule has 1 saturated heterocycles. The van der Waals surface area contributed by atoms with E-state index in [0.29, 0.717) is 6.04 Å². The molecule has 0 bridgehead atoms. The number of ether oxygens (including phenoxy) is 1. The van der Waals surface area contributed by atoms with Crippen molar-refractivity contribution < 1.29 is 4.74 Å². The van der Waals surface area contributed by atoms with Gasteiger partial charge >= 0.3 is 0 Å². The maximum atomic E-state index is 5.90. The Morgan fingerprint density at radius 2 is 1.68 bits per heavy atom. The minimum Gasteiger partial charge on any atom is -0.371 e. The van der Waals surface area contributed by atoms with Crippen LogP contribution < -0.4 is 5.32 Å². The first kappa shape index (κ1) is 13.1. The van der Waals surface area contributed by atoms with E-state index in [9.17, 15) is 0 Å². The zero-order valence-electron chi connectivity index (χ0n) is 11.9. The van der Waals surface area contributed by atoms with Gasteiger partial charge in [-0.3, -0.25) is 0 Å². The first-order valence-electron chi connectivity index (χ1n) is 7.78. The normalized spacial score (nSPS) is 29.3. The summed E-state index contributed by atoms with van der Waals surface area (Å²) in [5.74, 6) is 0.799. The lowest BCUT2D eigenvalue weighted by molar-refractivity contribution is 0.00694. The van der Waals surface area contributed by atoms with Crippen LogP contribution in [0.3, 0.4) is 0 Å². The molecule has 19 heavy (non-hydrogen) atoms. The zero-order valence-corrected chi connectivity index (χ0v) is 11.9. The predicted octanol–water partition coefficient (Wildman–Crippen LogP) is 3.78. The molecule has 0 radical (unpaired) electrons. The highest BCUT2D eigenvalue weighted by Gasteiger charge is 2.20. The van der Waals surface area contributed by atoms with Crippen molar-refractivity contribution in [3.05, 3.63) is 35.4 Å². The summed E-state index contributed by atoms with van der Waals surface area (Å²) < 4.78 is 5.90. The van der Waals surface area contributed by atoms with Crippen molar-refractivity contribution in [3.8, 4) is 0 Å². The Bertz CT molecular complexity index is 386. The van der Waals surface area contributed by atoms with Crippen LogP contribution in [0.1, 0.15) is 62.2 Å². The molecule has 2 heteroatoms. The average molecular weight is 259 g/mol. The molecule has 1 aliphatic heterocycles. The summed E-state index contributed by atoms with van der Waals surface area (Å²) in [6.45, 7) is 3.92. The molecule has 104 valence electrons. The summed E-state index contributed by atoms with van der Waals surface area (Å²) in [7, 11) is 0. The number of morpholine rings is 1. The lowest BCUT2D eigenvalue weighted by Crippen LogP contribution is -2.40. The van der Waals surface area contributed by atoms with E-state index in [1.54, 1.807) is 0 Å². The molecule has 1 N–H and O–H groups in total. The van der Waals surface area contributed by atoms with Crippen molar-refractivity contribution >= 4 is 0 Å². The Balaban J connectivity index is 1.65. The van der Waals surface area contributed by atoms with Crippen LogP contribution in [-0.2, 0) is 4.74 Å². The molecular weight excluding hydrogens is 234 g/mol. The maximum absolute atomic E-state index is 5.90. The third-order valence-corrected chi connectivity index (χ3v) is 4.58. The van der Waals surface area contributed by atoms with Crippen LogP contribution in [0.4, 0.5) is 0 Å². The first-order chi connectivity index (χ1) is 9.33. The fraction of sp³-hybridized carbons (Fsp3) is 0.647. The second-order valence-corrected chi connectivity index (χ2v) is 6.13. The summed E-state index contributed by atoms with van der Waals surface area (Å²) in [6, 6.07) is 9.68. The summed E-state index contributed by atoms with van der Waals surface area (Å²) in [4.78, 5) is 0. The van der Waals surface area contributed by atoms with E-state index < -0.39 is 0 Å². The van der Waals surface area contributed by atoms with Crippen molar-refractivity contribution in [2.75, 3.05) is 13.2 Å². The van der Waals surface area contributed by atoms with Gasteiger partial charge in [0.2, 0.25) is 0 Å². The summed E-state index contributed by atoms with van der Waals surface area (Å²) >= 11 is 0. The van der Waals surface area contributed by atoms with E-state index in [-0.39, 0.29) is 6.10 Å². The second-order valence-electron chi connectivity index (χ2n) is 6.13. The van der Waals surface area contributed by atoms with E-state index >= 15 is 0 Å². The van der Waals surface area contributed by atoms with Crippen molar-refractivity contribution in [2.45, 2.75) is 57.1 Å². The van der Waals surface area contributed by atoms with Crippen LogP contribution in [0.15, 0.2) is 24.3 Å². The van der Waals surface area contributed by atoms with Gasteiger partial charge < -0.3 is 10.1 Å². The van der Waals surface area contributed by atoms with E-state index in [1.807, 2.05) is 0 Å². The number of nitrogens with one attached hydrogen (secondary N) is 1. The molecule has 2 aliphatic rings. The number of benzene rings is 1. The van der Waals surface area contributed by atoms with Crippen LogP contribution in [0.2, 0.25) is 0 Å². The van der Waals surface area contributed by atoms with Crippen LogP contribution in [0, 0.1) is 0 Å². The van der Waals surface area contributed by atoms with Crippen LogP contribution in [0.25, 0.3) is 0 Å². The fourth-order valence-corrected chi connectivity index (χ4v) is 3.32. The highest BCUT2D eigenvalue weighted by atomic mass is 16.5. The van der Waals surface area contributed by atoms with Gasteiger partial charge in [0.1, 0.15) is 0 Å². The average Bonchev–Trinajstić information content (AvgIpc) is 2.49. The minimum absolute atomic E-state index is 0.233. The molecule has 2 unspecified atom stereocenters. The molecular formula is C17H25NO. The predicted molar refractivity (Wildman–Crippen MR) is 78.4 cm³/mol. The smallest absolute Gasteiger partial charge is 0.0950 e. The fourth-order valence-electron chi connectivity index (χ4n) is 3.32. The van der Waals surface area contributed by atoms with Crippen molar-refractivity contribution in [3.63, 3.8) is 0 Å². The zero-order chi connectivity index (χ0) is 13.1. The van der Waals surface area contributed by atoms with Crippen molar-refractivity contribution in [1.82, 2.24) is 5.32 Å². The Labute approximate surface area is 116 Å². The third kappa shape index (κ3) is 3.18. The molecule has 2 nitrogen and oxygen atoms in total. The molecule has 1 heterocycles. The minimum atomic E-state index is 0.233. The van der Waals surface area contributed by atoms with Gasteiger partial charge in [-0.05, 0) is 36.8 Å². The highest BCUT2D eigenvalue weighted by Crippen LogP contribution is 2.33. The molecule has 0 spiro atoms. The van der Waals surface area contributed by atoms with Gasteiger partial charge in [-0.2, -0.15) is 0 Å². The van der Waals surface area contributed by atoms with Gasteiger partial charge in [-0.25, -0.2) is 0 Å². The first-order valence-corrected chi connectivity index (χ1v) is 7.78. The Kier molecular flexibility index (Phi) is 4.19. The molecule has 0 amide bonds. The summed E-state index contributed by atoms with van der Waals surface area (Å²) in [5.41, 5.74) is 2.85. The second kappa shape index (κ2) is 6.06. The van der Waals surface area contributed by atoms with Gasteiger partial charge in [0, 0.05) is 12.6 Å². The van der Waals surface area contributed by atoms with Crippen LogP contribution in [-0.4, -0.2) is 19.2 Å². The molecule has 3 rings (SSSR count). The monoisotopic (exact) mass is 259 g/mol. The Morgan fingerprint density at radius 1 is 1.00 bits per heavy atom. The molecule has 1 aromatic rings. The number of hydrogen-bond donors (Lipinski definition) is 1.